The lowest BCUT2D eigenvalue weighted by Crippen LogP contribution is -2.52. The lowest BCUT2D eigenvalue weighted by Gasteiger charge is -2.37. The van der Waals surface area contributed by atoms with Crippen LogP contribution in [0, 0.1) is 24.0 Å². The van der Waals surface area contributed by atoms with Crippen LogP contribution in [-0.2, 0) is 6.18 Å². The number of anilines is 1. The summed E-state index contributed by atoms with van der Waals surface area (Å²) in [5.41, 5.74) is 0.825. The zero-order valence-electron chi connectivity index (χ0n) is 17.4. The SMILES string of the molecule is Cc1ccc(C(=O)NC(=S)N2CCN(c3ccc(C(F)(F)F)cc3[N+](=O)[O-])CC2)c(C)c1. The van der Waals surface area contributed by atoms with Gasteiger partial charge in [-0.1, -0.05) is 17.7 Å². The molecular formula is C21H21F3N4O3S. The number of amides is 1. The standard InChI is InChI=1S/C21H21F3N4O3S/c1-13-3-5-16(14(2)11-13)19(29)25-20(32)27-9-7-26(8-10-27)17-6-4-15(21(22,23)24)12-18(17)28(30)31/h3-6,11-12H,7-10H2,1-2H3,(H,25,29,32). The number of nitrogens with one attached hydrogen (secondary N) is 1. The van der Waals surface area contributed by atoms with Crippen LogP contribution < -0.4 is 10.2 Å². The van der Waals surface area contributed by atoms with Crippen LogP contribution in [0.4, 0.5) is 24.5 Å². The van der Waals surface area contributed by atoms with Gasteiger partial charge in [-0.25, -0.2) is 0 Å². The van der Waals surface area contributed by atoms with Gasteiger partial charge in [0.25, 0.3) is 11.6 Å². The quantitative estimate of drug-likeness (QED) is 0.418. The minimum atomic E-state index is -4.66. The van der Waals surface area contributed by atoms with Crippen LogP contribution in [0.15, 0.2) is 36.4 Å². The molecule has 0 unspecified atom stereocenters. The number of benzene rings is 2. The molecule has 0 saturated carbocycles. The molecule has 2 aromatic rings. The Bertz CT molecular complexity index is 1070. The summed E-state index contributed by atoms with van der Waals surface area (Å²) in [6.45, 7) is 5.06. The number of thiocarbonyl (C=S) groups is 1. The fourth-order valence-electron chi connectivity index (χ4n) is 3.58. The van der Waals surface area contributed by atoms with E-state index in [1.807, 2.05) is 26.0 Å². The topological polar surface area (TPSA) is 78.7 Å². The van der Waals surface area contributed by atoms with Gasteiger partial charge in [-0.3, -0.25) is 20.2 Å². The molecule has 1 aliphatic rings. The van der Waals surface area contributed by atoms with E-state index in [4.69, 9.17) is 12.2 Å². The maximum absolute atomic E-state index is 12.9. The monoisotopic (exact) mass is 466 g/mol. The normalized spacial score (nSPS) is 14.3. The Morgan fingerprint density at radius 1 is 1.09 bits per heavy atom. The van der Waals surface area contributed by atoms with E-state index in [9.17, 15) is 28.1 Å². The zero-order chi connectivity index (χ0) is 23.6. The molecule has 2 aromatic carbocycles. The lowest BCUT2D eigenvalue weighted by molar-refractivity contribution is -0.384. The number of piperazine rings is 1. The van der Waals surface area contributed by atoms with Crippen molar-refractivity contribution in [1.82, 2.24) is 10.2 Å². The van der Waals surface area contributed by atoms with Gasteiger partial charge in [0.05, 0.1) is 10.5 Å². The minimum Gasteiger partial charge on any atom is -0.362 e. The van der Waals surface area contributed by atoms with E-state index >= 15 is 0 Å². The summed E-state index contributed by atoms with van der Waals surface area (Å²) in [6, 6.07) is 7.97. The van der Waals surface area contributed by atoms with E-state index in [-0.39, 0.29) is 16.7 Å². The van der Waals surface area contributed by atoms with Crippen molar-refractivity contribution in [3.63, 3.8) is 0 Å². The van der Waals surface area contributed by atoms with Crippen LogP contribution in [0.5, 0.6) is 0 Å². The Kier molecular flexibility index (Phi) is 6.68. The van der Waals surface area contributed by atoms with Crippen molar-refractivity contribution in [2.75, 3.05) is 31.1 Å². The number of nitro groups is 1. The maximum atomic E-state index is 12.9. The van der Waals surface area contributed by atoms with Gasteiger partial charge < -0.3 is 9.80 Å². The molecule has 170 valence electrons. The first-order valence-electron chi connectivity index (χ1n) is 9.75. The lowest BCUT2D eigenvalue weighted by atomic mass is 10.1. The van der Waals surface area contributed by atoms with E-state index in [1.54, 1.807) is 15.9 Å². The predicted molar refractivity (Wildman–Crippen MR) is 118 cm³/mol. The van der Waals surface area contributed by atoms with E-state index in [2.05, 4.69) is 5.32 Å². The van der Waals surface area contributed by atoms with Crippen molar-refractivity contribution in [1.29, 1.82) is 0 Å². The van der Waals surface area contributed by atoms with Gasteiger partial charge in [-0.15, -0.1) is 0 Å². The molecule has 11 heteroatoms. The number of halogens is 3. The summed E-state index contributed by atoms with van der Waals surface area (Å²) in [5, 5.41) is 14.3. The highest BCUT2D eigenvalue weighted by molar-refractivity contribution is 7.80. The van der Waals surface area contributed by atoms with E-state index in [0.29, 0.717) is 37.8 Å². The molecule has 1 aliphatic heterocycles. The second-order valence-corrected chi connectivity index (χ2v) is 7.90. The fourth-order valence-corrected chi connectivity index (χ4v) is 3.85. The van der Waals surface area contributed by atoms with Gasteiger partial charge in [0, 0.05) is 37.8 Å². The first kappa shape index (κ1) is 23.5. The Labute approximate surface area is 188 Å². The maximum Gasteiger partial charge on any atom is 0.416 e. The second-order valence-electron chi connectivity index (χ2n) is 7.51. The molecule has 32 heavy (non-hydrogen) atoms. The third-order valence-electron chi connectivity index (χ3n) is 5.25. The van der Waals surface area contributed by atoms with Gasteiger partial charge in [-0.05, 0) is 49.8 Å². The number of carbonyl (C=O) groups is 1. The Balaban J connectivity index is 1.66. The zero-order valence-corrected chi connectivity index (χ0v) is 18.2. The third kappa shape index (κ3) is 5.16. The van der Waals surface area contributed by atoms with E-state index < -0.39 is 22.4 Å². The number of hydrogen-bond acceptors (Lipinski definition) is 5. The van der Waals surface area contributed by atoms with Crippen molar-refractivity contribution in [2.24, 2.45) is 0 Å². The van der Waals surface area contributed by atoms with E-state index in [1.165, 1.54) is 0 Å². The third-order valence-corrected chi connectivity index (χ3v) is 5.61. The Morgan fingerprint density at radius 3 is 2.31 bits per heavy atom. The molecule has 0 bridgehead atoms. The number of alkyl halides is 3. The molecular weight excluding hydrogens is 445 g/mol. The molecule has 0 atom stereocenters. The van der Waals surface area contributed by atoms with Crippen LogP contribution in [0.1, 0.15) is 27.0 Å². The van der Waals surface area contributed by atoms with Gasteiger partial charge in [0.2, 0.25) is 0 Å². The van der Waals surface area contributed by atoms with Crippen molar-refractivity contribution in [3.8, 4) is 0 Å². The molecule has 1 fully saturated rings. The smallest absolute Gasteiger partial charge is 0.362 e. The highest BCUT2D eigenvalue weighted by Gasteiger charge is 2.34. The molecule has 1 heterocycles. The molecule has 0 aromatic heterocycles. The van der Waals surface area contributed by atoms with Gasteiger partial charge in [0.15, 0.2) is 5.11 Å². The average Bonchev–Trinajstić information content (AvgIpc) is 2.72. The van der Waals surface area contributed by atoms with Crippen LogP contribution >= 0.6 is 12.2 Å². The highest BCUT2D eigenvalue weighted by Crippen LogP contribution is 2.36. The average molecular weight is 466 g/mol. The van der Waals surface area contributed by atoms with Crippen molar-refractivity contribution < 1.29 is 22.9 Å². The molecule has 0 aliphatic carbocycles. The minimum absolute atomic E-state index is 0.118. The summed E-state index contributed by atoms with van der Waals surface area (Å²) >= 11 is 5.34. The summed E-state index contributed by atoms with van der Waals surface area (Å²) < 4.78 is 38.8. The van der Waals surface area contributed by atoms with Gasteiger partial charge >= 0.3 is 6.18 Å². The molecule has 7 nitrogen and oxygen atoms in total. The number of carbonyl (C=O) groups excluding carboxylic acids is 1. The summed E-state index contributed by atoms with van der Waals surface area (Å²) in [5.74, 6) is -0.326. The van der Waals surface area contributed by atoms with Gasteiger partial charge in [-0.2, -0.15) is 13.2 Å². The summed E-state index contributed by atoms with van der Waals surface area (Å²) in [4.78, 5) is 26.5. The molecule has 1 N–H and O–H groups in total. The van der Waals surface area contributed by atoms with Crippen molar-refractivity contribution >= 4 is 34.6 Å². The number of rotatable bonds is 3. The Morgan fingerprint density at radius 2 is 1.75 bits per heavy atom. The summed E-state index contributed by atoms with van der Waals surface area (Å²) in [6.07, 6.45) is -4.66. The first-order chi connectivity index (χ1) is 15.0. The fraction of sp³-hybridized carbons (Fsp3) is 0.333. The molecule has 3 rings (SSSR count). The largest absolute Gasteiger partial charge is 0.416 e. The Hall–Kier alpha value is -3.21. The van der Waals surface area contributed by atoms with Crippen molar-refractivity contribution in [2.45, 2.75) is 20.0 Å². The first-order valence-corrected chi connectivity index (χ1v) is 10.2. The van der Waals surface area contributed by atoms with Crippen LogP contribution in [-0.4, -0.2) is 47.0 Å². The predicted octanol–water partition coefficient (Wildman–Crippen LogP) is 4.07. The van der Waals surface area contributed by atoms with Crippen molar-refractivity contribution in [3.05, 3.63) is 68.8 Å². The molecule has 0 radical (unpaired) electrons. The molecule has 1 saturated heterocycles. The summed E-state index contributed by atoms with van der Waals surface area (Å²) in [7, 11) is 0. The molecule has 1 amide bonds. The van der Waals surface area contributed by atoms with Crippen LogP contribution in [0.25, 0.3) is 0 Å². The number of nitrogens with zero attached hydrogens (tertiary/aromatic N) is 3. The van der Waals surface area contributed by atoms with Crippen LogP contribution in [0.2, 0.25) is 0 Å². The van der Waals surface area contributed by atoms with Crippen LogP contribution in [0.3, 0.4) is 0 Å². The highest BCUT2D eigenvalue weighted by atomic mass is 32.1. The number of hydrogen-bond donors (Lipinski definition) is 1. The number of nitro benzene ring substituents is 1. The molecule has 0 spiro atoms. The van der Waals surface area contributed by atoms with E-state index in [0.717, 1.165) is 23.3 Å². The second kappa shape index (κ2) is 9.11. The number of aryl methyl sites for hydroxylation is 2. The van der Waals surface area contributed by atoms with Gasteiger partial charge in [0.1, 0.15) is 5.69 Å².